The van der Waals surface area contributed by atoms with Crippen molar-refractivity contribution in [3.63, 3.8) is 0 Å². The Morgan fingerprint density at radius 3 is 2.96 bits per heavy atom. The first-order valence-corrected chi connectivity index (χ1v) is 8.91. The SMILES string of the molecule is Cn1c(-c2ccnc(NC(=O)c3cccs3)n2)cc2c1CCCC2=O. The van der Waals surface area contributed by atoms with E-state index in [0.29, 0.717) is 17.0 Å². The molecule has 6 nitrogen and oxygen atoms in total. The Morgan fingerprint density at radius 2 is 2.20 bits per heavy atom. The zero-order valence-electron chi connectivity index (χ0n) is 13.7. The van der Waals surface area contributed by atoms with E-state index in [2.05, 4.69) is 15.3 Å². The van der Waals surface area contributed by atoms with Crippen LogP contribution in [0.1, 0.15) is 38.6 Å². The number of rotatable bonds is 3. The molecule has 0 fully saturated rings. The molecule has 0 unspecified atom stereocenters. The highest BCUT2D eigenvalue weighted by molar-refractivity contribution is 7.12. The van der Waals surface area contributed by atoms with Crippen molar-refractivity contribution in [2.24, 2.45) is 7.05 Å². The van der Waals surface area contributed by atoms with Gasteiger partial charge < -0.3 is 4.57 Å². The largest absolute Gasteiger partial charge is 0.346 e. The molecule has 0 atom stereocenters. The molecule has 0 spiro atoms. The molecule has 1 amide bonds. The number of Topliss-reactive ketones (excluding diaryl/α,β-unsaturated/α-hetero) is 1. The molecular formula is C18H16N4O2S. The third-order valence-corrected chi connectivity index (χ3v) is 5.23. The van der Waals surface area contributed by atoms with Crippen molar-refractivity contribution < 1.29 is 9.59 Å². The van der Waals surface area contributed by atoms with Gasteiger partial charge in [-0.1, -0.05) is 6.07 Å². The van der Waals surface area contributed by atoms with Crippen molar-refractivity contribution in [1.29, 1.82) is 0 Å². The van der Waals surface area contributed by atoms with Gasteiger partial charge in [0.1, 0.15) is 0 Å². The Hall–Kier alpha value is -2.80. The van der Waals surface area contributed by atoms with E-state index < -0.39 is 0 Å². The van der Waals surface area contributed by atoms with Crippen molar-refractivity contribution in [2.45, 2.75) is 19.3 Å². The molecule has 3 aromatic rings. The fraction of sp³-hybridized carbons (Fsp3) is 0.222. The van der Waals surface area contributed by atoms with Crippen molar-refractivity contribution in [3.8, 4) is 11.4 Å². The van der Waals surface area contributed by atoms with Crippen LogP contribution in [0.15, 0.2) is 35.8 Å². The zero-order valence-corrected chi connectivity index (χ0v) is 14.5. The maximum atomic E-state index is 12.2. The third kappa shape index (κ3) is 2.87. The number of anilines is 1. The number of carbonyl (C=O) groups excluding carboxylic acids is 2. The van der Waals surface area contributed by atoms with Gasteiger partial charge >= 0.3 is 0 Å². The standard InChI is InChI=1S/C18H16N4O2S/c1-22-13-4-2-5-15(23)11(13)10-14(22)12-7-8-19-18(20-12)21-17(24)16-6-3-9-25-16/h3,6-10H,2,4-5H2,1H3,(H,19,20,21,24). The normalized spacial score (nSPS) is 13.6. The molecule has 0 aliphatic heterocycles. The highest BCUT2D eigenvalue weighted by Gasteiger charge is 2.23. The lowest BCUT2D eigenvalue weighted by molar-refractivity contribution is 0.0970. The average molecular weight is 352 g/mol. The first kappa shape index (κ1) is 15.7. The summed E-state index contributed by atoms with van der Waals surface area (Å²) in [6.45, 7) is 0. The average Bonchev–Trinajstić information content (AvgIpc) is 3.25. The molecule has 1 aliphatic carbocycles. The highest BCUT2D eigenvalue weighted by atomic mass is 32.1. The van der Waals surface area contributed by atoms with Crippen LogP contribution >= 0.6 is 11.3 Å². The van der Waals surface area contributed by atoms with E-state index in [1.807, 2.05) is 29.1 Å². The van der Waals surface area contributed by atoms with Gasteiger partial charge in [0.05, 0.1) is 16.3 Å². The topological polar surface area (TPSA) is 76.9 Å². The molecule has 1 aliphatic rings. The van der Waals surface area contributed by atoms with Gasteiger partial charge in [-0.05, 0) is 36.4 Å². The first-order chi connectivity index (χ1) is 12.1. The van der Waals surface area contributed by atoms with Crippen LogP contribution in [0.3, 0.4) is 0 Å². The number of hydrogen-bond acceptors (Lipinski definition) is 5. The summed E-state index contributed by atoms with van der Waals surface area (Å²) in [4.78, 5) is 33.5. The number of amides is 1. The third-order valence-electron chi connectivity index (χ3n) is 4.36. The van der Waals surface area contributed by atoms with Crippen LogP contribution in [0.5, 0.6) is 0 Å². The molecule has 3 heterocycles. The molecule has 0 radical (unpaired) electrons. The molecule has 0 aromatic carbocycles. The van der Waals surface area contributed by atoms with Gasteiger partial charge in [-0.2, -0.15) is 0 Å². The summed E-state index contributed by atoms with van der Waals surface area (Å²) < 4.78 is 2.01. The molecule has 126 valence electrons. The lowest BCUT2D eigenvalue weighted by Crippen LogP contribution is -2.13. The molecule has 3 aromatic heterocycles. The Balaban J connectivity index is 1.66. The fourth-order valence-electron chi connectivity index (χ4n) is 3.12. The number of nitrogens with zero attached hydrogens (tertiary/aromatic N) is 3. The number of fused-ring (bicyclic) bond motifs is 1. The second-order valence-corrected chi connectivity index (χ2v) is 6.87. The van der Waals surface area contributed by atoms with Crippen molar-refractivity contribution in [3.05, 3.63) is 52.0 Å². The van der Waals surface area contributed by atoms with Crippen LogP contribution < -0.4 is 5.32 Å². The molecule has 0 bridgehead atoms. The molecule has 4 rings (SSSR count). The van der Waals surface area contributed by atoms with Gasteiger partial charge in [-0.3, -0.25) is 14.9 Å². The maximum Gasteiger partial charge on any atom is 0.268 e. The van der Waals surface area contributed by atoms with E-state index in [4.69, 9.17) is 0 Å². The summed E-state index contributed by atoms with van der Waals surface area (Å²) in [7, 11) is 1.94. The minimum absolute atomic E-state index is 0.184. The van der Waals surface area contributed by atoms with Gasteiger partial charge in [0.25, 0.3) is 5.91 Å². The van der Waals surface area contributed by atoms with E-state index in [9.17, 15) is 9.59 Å². The van der Waals surface area contributed by atoms with E-state index in [1.165, 1.54) is 11.3 Å². The van der Waals surface area contributed by atoms with Gasteiger partial charge in [0.15, 0.2) is 5.78 Å². The number of hydrogen-bond donors (Lipinski definition) is 1. The van der Waals surface area contributed by atoms with Crippen molar-refractivity contribution in [1.82, 2.24) is 14.5 Å². The summed E-state index contributed by atoms with van der Waals surface area (Å²) >= 11 is 1.36. The summed E-state index contributed by atoms with van der Waals surface area (Å²) in [5.41, 5.74) is 3.37. The Bertz CT molecular complexity index is 960. The number of thiophene rings is 1. The highest BCUT2D eigenvalue weighted by Crippen LogP contribution is 2.29. The summed E-state index contributed by atoms with van der Waals surface area (Å²) in [5.74, 6) is 0.207. The Kier molecular flexibility index (Phi) is 3.93. The number of ketones is 1. The quantitative estimate of drug-likeness (QED) is 0.784. The van der Waals surface area contributed by atoms with Crippen LogP contribution in [-0.2, 0) is 13.5 Å². The summed E-state index contributed by atoms with van der Waals surface area (Å²) in [6, 6.07) is 7.25. The number of nitrogens with one attached hydrogen (secondary N) is 1. The molecule has 0 saturated heterocycles. The predicted molar refractivity (Wildman–Crippen MR) is 96.0 cm³/mol. The lowest BCUT2D eigenvalue weighted by Gasteiger charge is -2.12. The molecule has 0 saturated carbocycles. The maximum absolute atomic E-state index is 12.2. The molecule has 25 heavy (non-hydrogen) atoms. The summed E-state index contributed by atoms with van der Waals surface area (Å²) in [5, 5.41) is 4.56. The van der Waals surface area contributed by atoms with Crippen LogP contribution in [0.25, 0.3) is 11.4 Å². The first-order valence-electron chi connectivity index (χ1n) is 8.03. The fourth-order valence-corrected chi connectivity index (χ4v) is 3.73. The van der Waals surface area contributed by atoms with Gasteiger partial charge in [-0.15, -0.1) is 11.3 Å². The molecular weight excluding hydrogens is 336 g/mol. The molecule has 7 heteroatoms. The minimum Gasteiger partial charge on any atom is -0.346 e. The van der Waals surface area contributed by atoms with E-state index in [1.54, 1.807) is 18.3 Å². The van der Waals surface area contributed by atoms with Gasteiger partial charge in [0, 0.05) is 30.9 Å². The van der Waals surface area contributed by atoms with Crippen LogP contribution in [-0.4, -0.2) is 26.2 Å². The lowest BCUT2D eigenvalue weighted by atomic mass is 9.97. The second-order valence-electron chi connectivity index (χ2n) is 5.92. The smallest absolute Gasteiger partial charge is 0.268 e. The van der Waals surface area contributed by atoms with Crippen molar-refractivity contribution in [2.75, 3.05) is 5.32 Å². The second kappa shape index (κ2) is 6.25. The predicted octanol–water partition coefficient (Wildman–Crippen LogP) is 3.31. The zero-order chi connectivity index (χ0) is 17.4. The minimum atomic E-state index is -0.228. The van der Waals surface area contributed by atoms with E-state index in [-0.39, 0.29) is 17.6 Å². The van der Waals surface area contributed by atoms with E-state index >= 15 is 0 Å². The van der Waals surface area contributed by atoms with Crippen LogP contribution in [0.4, 0.5) is 5.95 Å². The summed E-state index contributed by atoms with van der Waals surface area (Å²) in [6.07, 6.45) is 3.99. The molecule has 1 N–H and O–H groups in total. The van der Waals surface area contributed by atoms with E-state index in [0.717, 1.165) is 29.8 Å². The number of carbonyl (C=O) groups is 2. The van der Waals surface area contributed by atoms with Crippen molar-refractivity contribution >= 4 is 29.0 Å². The monoisotopic (exact) mass is 352 g/mol. The Labute approximate surface area is 148 Å². The van der Waals surface area contributed by atoms with Gasteiger partial charge in [-0.25, -0.2) is 9.97 Å². The van der Waals surface area contributed by atoms with Crippen LogP contribution in [0, 0.1) is 0 Å². The van der Waals surface area contributed by atoms with Crippen LogP contribution in [0.2, 0.25) is 0 Å². The van der Waals surface area contributed by atoms with Gasteiger partial charge in [0.2, 0.25) is 5.95 Å². The Morgan fingerprint density at radius 1 is 1.32 bits per heavy atom. The number of aromatic nitrogens is 3.